The number of nitrogens with zero attached hydrogens (tertiary/aromatic N) is 3. The second-order valence-electron chi connectivity index (χ2n) is 6.72. The molecule has 1 aliphatic heterocycles. The molecule has 0 unspecified atom stereocenters. The van der Waals surface area contributed by atoms with E-state index in [1.165, 1.54) is 25.7 Å². The number of nitro groups is 1. The van der Waals surface area contributed by atoms with Crippen LogP contribution in [0.25, 0.3) is 0 Å². The van der Waals surface area contributed by atoms with E-state index in [1.54, 1.807) is 12.1 Å². The van der Waals surface area contributed by atoms with E-state index in [0.717, 1.165) is 43.8 Å². The first-order chi connectivity index (χ1) is 10.6. The van der Waals surface area contributed by atoms with E-state index >= 15 is 0 Å². The Bertz CT molecular complexity index is 509. The van der Waals surface area contributed by atoms with Gasteiger partial charge in [0.2, 0.25) is 0 Å². The van der Waals surface area contributed by atoms with Crippen LogP contribution in [0.2, 0.25) is 0 Å². The van der Waals surface area contributed by atoms with Crippen molar-refractivity contribution in [3.05, 3.63) is 34.4 Å². The minimum Gasteiger partial charge on any atom is -0.369 e. The van der Waals surface area contributed by atoms with Crippen molar-refractivity contribution in [2.75, 3.05) is 31.1 Å². The molecule has 5 heteroatoms. The molecule has 0 spiro atoms. The van der Waals surface area contributed by atoms with Crippen LogP contribution in [-0.4, -0.2) is 42.0 Å². The molecular weight excluding hydrogens is 278 g/mol. The van der Waals surface area contributed by atoms with Gasteiger partial charge in [0.25, 0.3) is 5.69 Å². The van der Waals surface area contributed by atoms with Gasteiger partial charge in [0.1, 0.15) is 0 Å². The number of non-ortho nitro benzene ring substituents is 1. The van der Waals surface area contributed by atoms with Gasteiger partial charge in [-0.1, -0.05) is 19.8 Å². The van der Waals surface area contributed by atoms with Crippen LogP contribution < -0.4 is 4.90 Å². The smallest absolute Gasteiger partial charge is 0.269 e. The Labute approximate surface area is 132 Å². The summed E-state index contributed by atoms with van der Waals surface area (Å²) in [7, 11) is 0. The molecule has 2 aliphatic rings. The quantitative estimate of drug-likeness (QED) is 0.635. The minimum absolute atomic E-state index is 0.165. The first-order valence-corrected chi connectivity index (χ1v) is 8.37. The van der Waals surface area contributed by atoms with E-state index in [9.17, 15) is 10.1 Å². The molecule has 0 bridgehead atoms. The van der Waals surface area contributed by atoms with Crippen LogP contribution in [0.15, 0.2) is 24.3 Å². The monoisotopic (exact) mass is 303 g/mol. The van der Waals surface area contributed by atoms with Crippen molar-refractivity contribution in [3.63, 3.8) is 0 Å². The van der Waals surface area contributed by atoms with Crippen molar-refractivity contribution in [2.24, 2.45) is 5.92 Å². The fourth-order valence-corrected chi connectivity index (χ4v) is 3.86. The standard InChI is InChI=1S/C17H25N3O2/c1-14-3-2-4-17(13-14)19-11-9-18(10-12-19)15-5-7-16(8-6-15)20(21)22/h5-8,14,17H,2-4,9-13H2,1H3/t14-,17+/m1/s1. The maximum atomic E-state index is 10.7. The van der Waals surface area contributed by atoms with Crippen molar-refractivity contribution in [1.82, 2.24) is 4.90 Å². The lowest BCUT2D eigenvalue weighted by molar-refractivity contribution is -0.384. The van der Waals surface area contributed by atoms with Crippen molar-refractivity contribution >= 4 is 11.4 Å². The molecule has 0 N–H and O–H groups in total. The number of rotatable bonds is 3. The van der Waals surface area contributed by atoms with Gasteiger partial charge in [-0.3, -0.25) is 15.0 Å². The van der Waals surface area contributed by atoms with Crippen LogP contribution in [0, 0.1) is 16.0 Å². The molecule has 5 nitrogen and oxygen atoms in total. The zero-order valence-electron chi connectivity index (χ0n) is 13.3. The molecule has 2 atom stereocenters. The van der Waals surface area contributed by atoms with Gasteiger partial charge in [0.15, 0.2) is 0 Å². The molecule has 2 fully saturated rings. The fraction of sp³-hybridized carbons (Fsp3) is 0.647. The molecular formula is C17H25N3O2. The molecule has 3 rings (SSSR count). The molecule has 0 aromatic heterocycles. The van der Waals surface area contributed by atoms with E-state index in [4.69, 9.17) is 0 Å². The first-order valence-electron chi connectivity index (χ1n) is 8.37. The normalized spacial score (nSPS) is 26.9. The molecule has 1 saturated heterocycles. The largest absolute Gasteiger partial charge is 0.369 e. The zero-order valence-corrected chi connectivity index (χ0v) is 13.3. The summed E-state index contributed by atoms with van der Waals surface area (Å²) >= 11 is 0. The molecule has 22 heavy (non-hydrogen) atoms. The van der Waals surface area contributed by atoms with Gasteiger partial charge in [-0.05, 0) is 30.9 Å². The number of nitro benzene ring substituents is 1. The molecule has 0 radical (unpaired) electrons. The highest BCUT2D eigenvalue weighted by atomic mass is 16.6. The Morgan fingerprint density at radius 3 is 2.36 bits per heavy atom. The van der Waals surface area contributed by atoms with Gasteiger partial charge < -0.3 is 4.90 Å². The second-order valence-corrected chi connectivity index (χ2v) is 6.72. The average Bonchev–Trinajstić information content (AvgIpc) is 2.55. The van der Waals surface area contributed by atoms with E-state index in [0.29, 0.717) is 0 Å². The average molecular weight is 303 g/mol. The third-order valence-electron chi connectivity index (χ3n) is 5.17. The van der Waals surface area contributed by atoms with Crippen molar-refractivity contribution in [2.45, 2.75) is 38.6 Å². The van der Waals surface area contributed by atoms with Crippen LogP contribution in [-0.2, 0) is 0 Å². The first kappa shape index (κ1) is 15.3. The maximum absolute atomic E-state index is 10.7. The highest BCUT2D eigenvalue weighted by molar-refractivity contribution is 5.51. The number of piperazine rings is 1. The van der Waals surface area contributed by atoms with E-state index in [2.05, 4.69) is 16.7 Å². The number of hydrogen-bond donors (Lipinski definition) is 0. The Balaban J connectivity index is 1.56. The number of benzene rings is 1. The lowest BCUT2D eigenvalue weighted by Crippen LogP contribution is -2.51. The van der Waals surface area contributed by atoms with Crippen molar-refractivity contribution in [1.29, 1.82) is 0 Å². The third-order valence-corrected chi connectivity index (χ3v) is 5.17. The summed E-state index contributed by atoms with van der Waals surface area (Å²) in [6.07, 6.45) is 5.45. The summed E-state index contributed by atoms with van der Waals surface area (Å²) < 4.78 is 0. The Morgan fingerprint density at radius 1 is 1.09 bits per heavy atom. The van der Waals surface area contributed by atoms with E-state index < -0.39 is 0 Å². The SMILES string of the molecule is C[C@@H]1CCC[C@H](N2CCN(c3ccc([N+](=O)[O-])cc3)CC2)C1. The lowest BCUT2D eigenvalue weighted by Gasteiger charge is -2.42. The lowest BCUT2D eigenvalue weighted by atomic mass is 9.86. The topological polar surface area (TPSA) is 49.6 Å². The summed E-state index contributed by atoms with van der Waals surface area (Å²) in [6, 6.07) is 7.71. The zero-order chi connectivity index (χ0) is 15.5. The molecule has 1 aromatic carbocycles. The summed E-state index contributed by atoms with van der Waals surface area (Å²) in [4.78, 5) is 15.4. The maximum Gasteiger partial charge on any atom is 0.269 e. The molecule has 1 heterocycles. The van der Waals surface area contributed by atoms with Crippen molar-refractivity contribution in [3.8, 4) is 0 Å². The van der Waals surface area contributed by atoms with Crippen LogP contribution in [0.3, 0.4) is 0 Å². The Morgan fingerprint density at radius 2 is 1.77 bits per heavy atom. The van der Waals surface area contributed by atoms with Gasteiger partial charge in [-0.2, -0.15) is 0 Å². The number of anilines is 1. The van der Waals surface area contributed by atoms with E-state index in [-0.39, 0.29) is 10.6 Å². The Hall–Kier alpha value is -1.62. The van der Waals surface area contributed by atoms with E-state index in [1.807, 2.05) is 12.1 Å². The van der Waals surface area contributed by atoms with Gasteiger partial charge in [0.05, 0.1) is 4.92 Å². The minimum atomic E-state index is -0.341. The van der Waals surface area contributed by atoms with Gasteiger partial charge in [-0.15, -0.1) is 0 Å². The molecule has 1 saturated carbocycles. The summed E-state index contributed by atoms with van der Waals surface area (Å²) in [5, 5.41) is 10.7. The molecule has 1 aliphatic carbocycles. The fourth-order valence-electron chi connectivity index (χ4n) is 3.86. The van der Waals surface area contributed by atoms with Crippen LogP contribution in [0.4, 0.5) is 11.4 Å². The Kier molecular flexibility index (Phi) is 4.62. The summed E-state index contributed by atoms with van der Waals surface area (Å²) in [5.41, 5.74) is 1.26. The highest BCUT2D eigenvalue weighted by Crippen LogP contribution is 2.28. The highest BCUT2D eigenvalue weighted by Gasteiger charge is 2.27. The van der Waals surface area contributed by atoms with Gasteiger partial charge >= 0.3 is 0 Å². The van der Waals surface area contributed by atoms with Crippen LogP contribution >= 0.6 is 0 Å². The summed E-state index contributed by atoms with van der Waals surface area (Å²) in [5.74, 6) is 0.867. The van der Waals surface area contributed by atoms with Crippen LogP contribution in [0.5, 0.6) is 0 Å². The van der Waals surface area contributed by atoms with Gasteiger partial charge in [-0.25, -0.2) is 0 Å². The molecule has 1 aromatic rings. The second kappa shape index (κ2) is 6.65. The third kappa shape index (κ3) is 3.40. The summed E-state index contributed by atoms with van der Waals surface area (Å²) in [6.45, 7) is 6.62. The van der Waals surface area contributed by atoms with Crippen molar-refractivity contribution < 1.29 is 4.92 Å². The van der Waals surface area contributed by atoms with Gasteiger partial charge in [0, 0.05) is 50.0 Å². The molecule has 0 amide bonds. The number of hydrogen-bond acceptors (Lipinski definition) is 4. The predicted molar refractivity (Wildman–Crippen MR) is 88.3 cm³/mol. The molecule has 120 valence electrons. The van der Waals surface area contributed by atoms with Crippen LogP contribution in [0.1, 0.15) is 32.6 Å². The predicted octanol–water partition coefficient (Wildman–Crippen LogP) is 3.30.